The minimum Gasteiger partial charge on any atom is -0.508 e. The number of nitrogens with one attached hydrogen (secondary N) is 2. The third kappa shape index (κ3) is 3.78. The number of aromatic amines is 1. The Kier molecular flexibility index (Phi) is 4.61. The zero-order chi connectivity index (χ0) is 15.4. The van der Waals surface area contributed by atoms with Crippen molar-refractivity contribution in [1.82, 2.24) is 15.2 Å². The van der Waals surface area contributed by atoms with Crippen LogP contribution in [0.4, 0.5) is 0 Å². The molecule has 1 fully saturated rings. The summed E-state index contributed by atoms with van der Waals surface area (Å²) in [6.45, 7) is 3.00. The van der Waals surface area contributed by atoms with E-state index >= 15 is 0 Å². The van der Waals surface area contributed by atoms with Gasteiger partial charge in [0.2, 0.25) is 0 Å². The van der Waals surface area contributed by atoms with E-state index in [0.29, 0.717) is 11.8 Å². The third-order valence-electron chi connectivity index (χ3n) is 4.17. The van der Waals surface area contributed by atoms with Crippen LogP contribution in [0.15, 0.2) is 36.5 Å². The second kappa shape index (κ2) is 6.81. The molecule has 2 aromatic rings. The summed E-state index contributed by atoms with van der Waals surface area (Å²) in [4.78, 5) is 5.50. The lowest BCUT2D eigenvalue weighted by atomic mass is 10.1. The molecule has 3 N–H and O–H groups in total. The van der Waals surface area contributed by atoms with Crippen LogP contribution in [0.3, 0.4) is 0 Å². The van der Waals surface area contributed by atoms with E-state index in [4.69, 9.17) is 0 Å². The van der Waals surface area contributed by atoms with Crippen molar-refractivity contribution < 1.29 is 5.11 Å². The Morgan fingerprint density at radius 3 is 2.95 bits per heavy atom. The van der Waals surface area contributed by atoms with Gasteiger partial charge in [-0.15, -0.1) is 0 Å². The number of nitrogens with zero attached hydrogens (tertiary/aromatic N) is 1. The molecule has 4 heteroatoms. The minimum absolute atomic E-state index is 0.321. The molecule has 22 heavy (non-hydrogen) atoms. The lowest BCUT2D eigenvalue weighted by Gasteiger charge is -2.23. The Balaban J connectivity index is 1.71. The largest absolute Gasteiger partial charge is 0.508 e. The highest BCUT2D eigenvalue weighted by atomic mass is 16.3. The van der Waals surface area contributed by atoms with E-state index in [9.17, 15) is 5.11 Å². The van der Waals surface area contributed by atoms with Gasteiger partial charge in [0.25, 0.3) is 0 Å². The van der Waals surface area contributed by atoms with Gasteiger partial charge in [0.15, 0.2) is 0 Å². The highest BCUT2D eigenvalue weighted by molar-refractivity contribution is 5.69. The van der Waals surface area contributed by atoms with Crippen molar-refractivity contribution >= 4 is 12.2 Å². The van der Waals surface area contributed by atoms with Crippen molar-refractivity contribution in [2.45, 2.75) is 19.0 Å². The van der Waals surface area contributed by atoms with Crippen LogP contribution in [0.1, 0.15) is 23.2 Å². The van der Waals surface area contributed by atoms with E-state index in [1.807, 2.05) is 36.5 Å². The fourth-order valence-corrected chi connectivity index (χ4v) is 2.95. The SMILES string of the molecule is CN(Cc1cc(O)cc(/C=C/c2ccc[nH]2)c1)C1CCNC1. The van der Waals surface area contributed by atoms with Crippen molar-refractivity contribution in [2.75, 3.05) is 20.1 Å². The first-order valence-corrected chi connectivity index (χ1v) is 7.76. The maximum absolute atomic E-state index is 9.96. The number of benzene rings is 1. The van der Waals surface area contributed by atoms with Crippen LogP contribution in [-0.2, 0) is 6.54 Å². The van der Waals surface area contributed by atoms with Crippen LogP contribution < -0.4 is 5.32 Å². The highest BCUT2D eigenvalue weighted by Gasteiger charge is 2.19. The fraction of sp³-hybridized carbons (Fsp3) is 0.333. The Hall–Kier alpha value is -2.04. The van der Waals surface area contributed by atoms with E-state index in [2.05, 4.69) is 28.3 Å². The molecule has 1 saturated heterocycles. The smallest absolute Gasteiger partial charge is 0.116 e. The molecule has 3 rings (SSSR count). The van der Waals surface area contributed by atoms with Crippen molar-refractivity contribution in [2.24, 2.45) is 0 Å². The van der Waals surface area contributed by atoms with Crippen molar-refractivity contribution in [3.63, 3.8) is 0 Å². The molecule has 1 atom stereocenters. The summed E-state index contributed by atoms with van der Waals surface area (Å²) in [5.41, 5.74) is 3.21. The van der Waals surface area contributed by atoms with Gasteiger partial charge in [0, 0.05) is 31.0 Å². The van der Waals surface area contributed by atoms with Gasteiger partial charge in [-0.1, -0.05) is 12.1 Å². The summed E-state index contributed by atoms with van der Waals surface area (Å²) in [5.74, 6) is 0.321. The predicted molar refractivity (Wildman–Crippen MR) is 90.6 cm³/mol. The average Bonchev–Trinajstić information content (AvgIpc) is 3.18. The summed E-state index contributed by atoms with van der Waals surface area (Å²) in [7, 11) is 2.15. The highest BCUT2D eigenvalue weighted by Crippen LogP contribution is 2.20. The summed E-state index contributed by atoms with van der Waals surface area (Å²) in [6.07, 6.45) is 7.13. The Morgan fingerprint density at radius 1 is 1.32 bits per heavy atom. The van der Waals surface area contributed by atoms with E-state index in [0.717, 1.165) is 36.5 Å². The van der Waals surface area contributed by atoms with Gasteiger partial charge in [-0.05, 0) is 61.5 Å². The Labute approximate surface area is 131 Å². The molecule has 0 saturated carbocycles. The first kappa shape index (κ1) is 14.9. The molecule has 0 spiro atoms. The van der Waals surface area contributed by atoms with Crippen LogP contribution in [-0.4, -0.2) is 41.2 Å². The first-order valence-electron chi connectivity index (χ1n) is 7.76. The van der Waals surface area contributed by atoms with Crippen molar-refractivity contribution in [3.8, 4) is 5.75 Å². The molecule has 2 heterocycles. The monoisotopic (exact) mass is 297 g/mol. The van der Waals surface area contributed by atoms with Crippen LogP contribution in [0.5, 0.6) is 5.75 Å². The van der Waals surface area contributed by atoms with Gasteiger partial charge in [-0.3, -0.25) is 4.90 Å². The topological polar surface area (TPSA) is 51.3 Å². The Morgan fingerprint density at radius 2 is 2.23 bits per heavy atom. The molecule has 4 nitrogen and oxygen atoms in total. The summed E-state index contributed by atoms with van der Waals surface area (Å²) in [6, 6.07) is 10.3. The summed E-state index contributed by atoms with van der Waals surface area (Å²) < 4.78 is 0. The second-order valence-corrected chi connectivity index (χ2v) is 5.95. The Bertz CT molecular complexity index is 628. The number of phenols is 1. The molecule has 0 aliphatic carbocycles. The molecular formula is C18H23N3O. The number of hydrogen-bond donors (Lipinski definition) is 3. The molecule has 1 aliphatic rings. The van der Waals surface area contributed by atoms with Crippen LogP contribution in [0.25, 0.3) is 12.2 Å². The maximum atomic E-state index is 9.96. The summed E-state index contributed by atoms with van der Waals surface area (Å²) in [5, 5.41) is 13.3. The zero-order valence-electron chi connectivity index (χ0n) is 12.9. The average molecular weight is 297 g/mol. The lowest BCUT2D eigenvalue weighted by molar-refractivity contribution is 0.248. The molecule has 1 unspecified atom stereocenters. The third-order valence-corrected chi connectivity index (χ3v) is 4.17. The van der Waals surface area contributed by atoms with Gasteiger partial charge in [-0.25, -0.2) is 0 Å². The van der Waals surface area contributed by atoms with Gasteiger partial charge in [0.05, 0.1) is 0 Å². The van der Waals surface area contributed by atoms with Gasteiger partial charge < -0.3 is 15.4 Å². The molecule has 0 amide bonds. The van der Waals surface area contributed by atoms with E-state index in [-0.39, 0.29) is 0 Å². The number of likely N-dealkylation sites (N-methyl/N-ethyl adjacent to an activating group) is 1. The standard InChI is InChI=1S/C18H23N3O/c1-21(17-6-8-19-12-17)13-15-9-14(10-18(22)11-15)4-5-16-3-2-7-20-16/h2-5,7,9-11,17,19-20,22H,6,8,12-13H2,1H3/b5-4+. The number of aromatic nitrogens is 1. The van der Waals surface area contributed by atoms with Crippen molar-refractivity contribution in [1.29, 1.82) is 0 Å². The summed E-state index contributed by atoms with van der Waals surface area (Å²) >= 11 is 0. The number of rotatable bonds is 5. The van der Waals surface area contributed by atoms with E-state index in [1.165, 1.54) is 6.42 Å². The fourth-order valence-electron chi connectivity index (χ4n) is 2.95. The minimum atomic E-state index is 0.321. The number of hydrogen-bond acceptors (Lipinski definition) is 3. The molecule has 1 aromatic heterocycles. The maximum Gasteiger partial charge on any atom is 0.116 e. The quantitative estimate of drug-likeness (QED) is 0.795. The number of H-pyrrole nitrogens is 1. The van der Waals surface area contributed by atoms with E-state index < -0.39 is 0 Å². The molecule has 116 valence electrons. The number of aromatic hydroxyl groups is 1. The zero-order valence-corrected chi connectivity index (χ0v) is 12.9. The van der Waals surface area contributed by atoms with Gasteiger partial charge in [-0.2, -0.15) is 0 Å². The lowest BCUT2D eigenvalue weighted by Crippen LogP contribution is -2.32. The molecular weight excluding hydrogens is 274 g/mol. The van der Waals surface area contributed by atoms with Gasteiger partial charge >= 0.3 is 0 Å². The van der Waals surface area contributed by atoms with Crippen LogP contribution >= 0.6 is 0 Å². The molecule has 1 aromatic carbocycles. The molecule has 1 aliphatic heterocycles. The first-order chi connectivity index (χ1) is 10.7. The van der Waals surface area contributed by atoms with Crippen molar-refractivity contribution in [3.05, 3.63) is 53.3 Å². The van der Waals surface area contributed by atoms with Crippen LogP contribution in [0, 0.1) is 0 Å². The van der Waals surface area contributed by atoms with E-state index in [1.54, 1.807) is 6.07 Å². The molecule has 0 radical (unpaired) electrons. The second-order valence-electron chi connectivity index (χ2n) is 5.95. The van der Waals surface area contributed by atoms with Crippen LogP contribution in [0.2, 0.25) is 0 Å². The molecule has 0 bridgehead atoms. The predicted octanol–water partition coefficient (Wildman–Crippen LogP) is 2.68. The van der Waals surface area contributed by atoms with Gasteiger partial charge in [0.1, 0.15) is 5.75 Å². The number of phenolic OH excluding ortho intramolecular Hbond substituents is 1. The normalized spacial score (nSPS) is 18.5.